The molecule has 0 spiro atoms. The van der Waals surface area contributed by atoms with Gasteiger partial charge in [-0.3, -0.25) is 4.79 Å². The van der Waals surface area contributed by atoms with Crippen LogP contribution in [0.1, 0.15) is 44.9 Å². The van der Waals surface area contributed by atoms with Gasteiger partial charge in [0.2, 0.25) is 5.91 Å². The molecule has 3 heteroatoms. The Morgan fingerprint density at radius 2 is 1.94 bits per heavy atom. The minimum Gasteiger partial charge on any atom is -0.348 e. The van der Waals surface area contributed by atoms with Crippen LogP contribution in [0.25, 0.3) is 0 Å². The van der Waals surface area contributed by atoms with Gasteiger partial charge in [-0.2, -0.15) is 0 Å². The van der Waals surface area contributed by atoms with Crippen LogP contribution in [0.2, 0.25) is 0 Å². The highest BCUT2D eigenvalue weighted by Crippen LogP contribution is 2.19. The van der Waals surface area contributed by atoms with Crippen LogP contribution in [0.15, 0.2) is 24.3 Å². The summed E-state index contributed by atoms with van der Waals surface area (Å²) in [5.74, 6) is -0.100. The molecule has 0 aromatic heterocycles. The van der Waals surface area contributed by atoms with E-state index in [-0.39, 0.29) is 17.4 Å². The third kappa shape index (κ3) is 3.84. The normalized spacial score (nSPS) is 15.0. The smallest absolute Gasteiger partial charge is 0.237 e. The largest absolute Gasteiger partial charge is 0.348 e. The molecule has 0 aliphatic rings. The van der Waals surface area contributed by atoms with Crippen molar-refractivity contribution in [3.05, 3.63) is 35.4 Å². The number of nitrogens with two attached hydrogens (primary N) is 1. The number of nitrogens with one attached hydrogen (secondary N) is 1. The highest BCUT2D eigenvalue weighted by Gasteiger charge is 2.28. The first-order valence-corrected chi connectivity index (χ1v) is 6.34. The second kappa shape index (κ2) is 5.53. The van der Waals surface area contributed by atoms with E-state index in [4.69, 9.17) is 5.73 Å². The summed E-state index contributed by atoms with van der Waals surface area (Å²) in [7, 11) is 0. The third-order valence-corrected chi connectivity index (χ3v) is 3.12. The Labute approximate surface area is 110 Å². The van der Waals surface area contributed by atoms with Crippen molar-refractivity contribution in [1.82, 2.24) is 5.32 Å². The molecular formula is C15H24N2O. The lowest BCUT2D eigenvalue weighted by Gasteiger charge is -2.27. The average molecular weight is 248 g/mol. The molecular weight excluding hydrogens is 224 g/mol. The highest BCUT2D eigenvalue weighted by atomic mass is 16.2. The maximum absolute atomic E-state index is 12.0. The van der Waals surface area contributed by atoms with Gasteiger partial charge in [0.25, 0.3) is 0 Å². The molecule has 1 amide bonds. The topological polar surface area (TPSA) is 55.1 Å². The maximum Gasteiger partial charge on any atom is 0.237 e. The summed E-state index contributed by atoms with van der Waals surface area (Å²) in [6, 6.07) is 7.61. The lowest BCUT2D eigenvalue weighted by molar-refractivity contribution is -0.125. The summed E-state index contributed by atoms with van der Waals surface area (Å²) in [6.07, 6.45) is 0. The minimum absolute atomic E-state index is 0.0224. The number of aryl methyl sites for hydroxylation is 1. The monoisotopic (exact) mass is 248 g/mol. The average Bonchev–Trinajstić information content (AvgIpc) is 2.26. The summed E-state index contributed by atoms with van der Waals surface area (Å²) >= 11 is 0. The Morgan fingerprint density at radius 1 is 1.33 bits per heavy atom. The van der Waals surface area contributed by atoms with Crippen LogP contribution < -0.4 is 11.1 Å². The molecule has 0 aliphatic carbocycles. The van der Waals surface area contributed by atoms with Crippen LogP contribution in [0.4, 0.5) is 0 Å². The predicted molar refractivity (Wildman–Crippen MR) is 75.2 cm³/mol. The Hall–Kier alpha value is -1.35. The van der Waals surface area contributed by atoms with Crippen molar-refractivity contribution in [3.63, 3.8) is 0 Å². The summed E-state index contributed by atoms with van der Waals surface area (Å²) in [5.41, 5.74) is 8.00. The van der Waals surface area contributed by atoms with Crippen LogP contribution in [0.5, 0.6) is 0 Å². The first-order chi connectivity index (χ1) is 8.21. The van der Waals surface area contributed by atoms with Crippen LogP contribution >= 0.6 is 0 Å². The van der Waals surface area contributed by atoms with E-state index in [1.54, 1.807) is 0 Å². The number of rotatable bonds is 3. The first-order valence-electron chi connectivity index (χ1n) is 6.34. The zero-order chi connectivity index (χ0) is 13.9. The Kier molecular flexibility index (Phi) is 4.52. The van der Waals surface area contributed by atoms with E-state index >= 15 is 0 Å². The Balaban J connectivity index is 2.71. The molecule has 1 aromatic carbocycles. The maximum atomic E-state index is 12.0. The molecule has 0 heterocycles. The molecule has 0 radical (unpaired) electrons. The Morgan fingerprint density at radius 3 is 2.44 bits per heavy atom. The van der Waals surface area contributed by atoms with Crippen molar-refractivity contribution < 1.29 is 4.79 Å². The van der Waals surface area contributed by atoms with E-state index in [0.717, 1.165) is 5.56 Å². The van der Waals surface area contributed by atoms with Gasteiger partial charge in [-0.15, -0.1) is 0 Å². The molecule has 3 N–H and O–H groups in total. The molecule has 0 saturated heterocycles. The fourth-order valence-corrected chi connectivity index (χ4v) is 1.72. The number of hydrogen-bond acceptors (Lipinski definition) is 2. The number of amides is 1. The van der Waals surface area contributed by atoms with Gasteiger partial charge < -0.3 is 11.1 Å². The fourth-order valence-electron chi connectivity index (χ4n) is 1.72. The van der Waals surface area contributed by atoms with Gasteiger partial charge in [0, 0.05) is 0 Å². The zero-order valence-corrected chi connectivity index (χ0v) is 11.9. The lowest BCUT2D eigenvalue weighted by Crippen LogP contribution is -2.49. The predicted octanol–water partition coefficient (Wildman–Crippen LogP) is 2.55. The van der Waals surface area contributed by atoms with E-state index in [2.05, 4.69) is 11.4 Å². The molecule has 1 rings (SSSR count). The van der Waals surface area contributed by atoms with Crippen LogP contribution in [0, 0.1) is 12.3 Å². The third-order valence-electron chi connectivity index (χ3n) is 3.12. The quantitative estimate of drug-likeness (QED) is 0.863. The molecule has 0 aliphatic heterocycles. The first kappa shape index (κ1) is 14.7. The van der Waals surface area contributed by atoms with Crippen LogP contribution in [-0.2, 0) is 4.79 Å². The summed E-state index contributed by atoms with van der Waals surface area (Å²) in [5, 5.41) is 2.97. The highest BCUT2D eigenvalue weighted by molar-refractivity contribution is 5.82. The molecule has 0 unspecified atom stereocenters. The van der Waals surface area contributed by atoms with Gasteiger partial charge in [-0.25, -0.2) is 0 Å². The number of hydrogen-bond donors (Lipinski definition) is 2. The second-order valence-electron chi connectivity index (χ2n) is 5.99. The lowest BCUT2D eigenvalue weighted by atomic mass is 9.86. The summed E-state index contributed by atoms with van der Waals surface area (Å²) in [6.45, 7) is 9.92. The van der Waals surface area contributed by atoms with Crippen molar-refractivity contribution in [1.29, 1.82) is 0 Å². The standard InChI is InChI=1S/C15H24N2O/c1-10-7-6-8-12(9-10)11(2)17-14(18)13(16)15(3,4)5/h6-9,11,13H,16H2,1-5H3,(H,17,18)/t11-,13-/m1/s1. The molecule has 1 aromatic rings. The van der Waals surface area contributed by atoms with Crippen molar-refractivity contribution in [2.24, 2.45) is 11.1 Å². The molecule has 3 nitrogen and oxygen atoms in total. The summed E-state index contributed by atoms with van der Waals surface area (Å²) in [4.78, 5) is 12.0. The number of carbonyl (C=O) groups excluding carboxylic acids is 1. The molecule has 0 fully saturated rings. The number of carbonyl (C=O) groups is 1. The minimum atomic E-state index is -0.496. The van der Waals surface area contributed by atoms with Gasteiger partial charge in [-0.1, -0.05) is 50.6 Å². The molecule has 0 saturated carbocycles. The van der Waals surface area contributed by atoms with Gasteiger partial charge in [0.1, 0.15) is 0 Å². The SMILES string of the molecule is Cc1cccc([C@@H](C)NC(=O)[C@@H](N)C(C)(C)C)c1. The van der Waals surface area contributed by atoms with Crippen molar-refractivity contribution in [3.8, 4) is 0 Å². The van der Waals surface area contributed by atoms with E-state index in [1.165, 1.54) is 5.56 Å². The van der Waals surface area contributed by atoms with Crippen molar-refractivity contribution in [2.75, 3.05) is 0 Å². The summed E-state index contributed by atoms with van der Waals surface area (Å²) < 4.78 is 0. The van der Waals surface area contributed by atoms with Crippen molar-refractivity contribution in [2.45, 2.75) is 46.7 Å². The van der Waals surface area contributed by atoms with Crippen molar-refractivity contribution >= 4 is 5.91 Å². The molecule has 100 valence electrons. The van der Waals surface area contributed by atoms with Crippen LogP contribution in [-0.4, -0.2) is 11.9 Å². The molecule has 2 atom stereocenters. The van der Waals surface area contributed by atoms with Gasteiger partial charge in [0.05, 0.1) is 12.1 Å². The van der Waals surface area contributed by atoms with Gasteiger partial charge in [-0.05, 0) is 24.8 Å². The molecule has 18 heavy (non-hydrogen) atoms. The zero-order valence-electron chi connectivity index (χ0n) is 11.9. The van der Waals surface area contributed by atoms with E-state index < -0.39 is 6.04 Å². The number of benzene rings is 1. The molecule has 0 bridgehead atoms. The van der Waals surface area contributed by atoms with E-state index in [1.807, 2.05) is 52.8 Å². The van der Waals surface area contributed by atoms with E-state index in [0.29, 0.717) is 0 Å². The fraction of sp³-hybridized carbons (Fsp3) is 0.533. The van der Waals surface area contributed by atoms with Gasteiger partial charge >= 0.3 is 0 Å². The van der Waals surface area contributed by atoms with E-state index in [9.17, 15) is 4.79 Å². The second-order valence-corrected chi connectivity index (χ2v) is 5.99. The Bertz CT molecular complexity index is 421. The van der Waals surface area contributed by atoms with Crippen LogP contribution in [0.3, 0.4) is 0 Å². The van der Waals surface area contributed by atoms with Gasteiger partial charge in [0.15, 0.2) is 0 Å².